The zero-order valence-electron chi connectivity index (χ0n) is 13.9. The second-order valence-electron chi connectivity index (χ2n) is 6.04. The third-order valence-electron chi connectivity index (χ3n) is 4.30. The Morgan fingerprint density at radius 1 is 1.12 bits per heavy atom. The maximum absolute atomic E-state index is 13.8. The van der Waals surface area contributed by atoms with Crippen molar-refractivity contribution in [1.29, 1.82) is 0 Å². The van der Waals surface area contributed by atoms with E-state index in [0.717, 1.165) is 11.1 Å². The number of nitrogens with one attached hydrogen (secondary N) is 2. The fourth-order valence-corrected chi connectivity index (χ4v) is 2.96. The number of hydrogen-bond donors (Lipinski definition) is 2. The van der Waals surface area contributed by atoms with Gasteiger partial charge in [-0.1, -0.05) is 30.3 Å². The number of hydrogen-bond acceptors (Lipinski definition) is 2. The van der Waals surface area contributed by atoms with E-state index in [2.05, 4.69) is 15.4 Å². The number of carbonyl (C=O) groups is 1. The Balaban J connectivity index is 1.50. The zero-order chi connectivity index (χ0) is 17.9. The van der Waals surface area contributed by atoms with Crippen molar-refractivity contribution in [3.63, 3.8) is 0 Å². The van der Waals surface area contributed by atoms with Crippen molar-refractivity contribution in [2.45, 2.75) is 13.1 Å². The lowest BCUT2D eigenvalue weighted by Gasteiger charge is -2.10. The SMILES string of the molecule is O=C(NCc1ccccc1Cn1cccn1)c1cc2c(F)cccc2[nH]1. The van der Waals surface area contributed by atoms with Crippen LogP contribution in [0.1, 0.15) is 21.6 Å². The van der Waals surface area contributed by atoms with E-state index in [1.165, 1.54) is 12.1 Å². The number of aromatic amines is 1. The maximum atomic E-state index is 13.8. The van der Waals surface area contributed by atoms with Crippen molar-refractivity contribution >= 4 is 16.8 Å². The highest BCUT2D eigenvalue weighted by molar-refractivity contribution is 5.98. The number of nitrogens with zero attached hydrogens (tertiary/aromatic N) is 2. The predicted octanol–water partition coefficient (Wildman–Crippen LogP) is 3.48. The van der Waals surface area contributed by atoms with E-state index in [1.54, 1.807) is 18.3 Å². The van der Waals surface area contributed by atoms with Gasteiger partial charge in [0, 0.05) is 29.8 Å². The van der Waals surface area contributed by atoms with E-state index in [9.17, 15) is 9.18 Å². The van der Waals surface area contributed by atoms with Crippen LogP contribution in [-0.4, -0.2) is 20.7 Å². The molecule has 5 nitrogen and oxygen atoms in total. The summed E-state index contributed by atoms with van der Waals surface area (Å²) in [6.07, 6.45) is 3.63. The van der Waals surface area contributed by atoms with Gasteiger partial charge in [0.1, 0.15) is 11.5 Å². The molecule has 0 aliphatic rings. The Morgan fingerprint density at radius 3 is 2.73 bits per heavy atom. The molecular formula is C20H17FN4O. The van der Waals surface area contributed by atoms with Gasteiger partial charge >= 0.3 is 0 Å². The summed E-state index contributed by atoms with van der Waals surface area (Å²) in [7, 11) is 0. The van der Waals surface area contributed by atoms with E-state index < -0.39 is 0 Å². The number of carbonyl (C=O) groups excluding carboxylic acids is 1. The molecule has 2 N–H and O–H groups in total. The van der Waals surface area contributed by atoms with Crippen LogP contribution in [0.15, 0.2) is 67.0 Å². The summed E-state index contributed by atoms with van der Waals surface area (Å²) < 4.78 is 15.6. The molecule has 0 fully saturated rings. The number of halogens is 1. The molecular weight excluding hydrogens is 331 g/mol. The molecule has 0 saturated carbocycles. The summed E-state index contributed by atoms with van der Waals surface area (Å²) in [5.74, 6) is -0.614. The van der Waals surface area contributed by atoms with Gasteiger partial charge in [0.25, 0.3) is 5.91 Å². The highest BCUT2D eigenvalue weighted by Gasteiger charge is 2.12. The van der Waals surface area contributed by atoms with Gasteiger partial charge in [0.2, 0.25) is 0 Å². The van der Waals surface area contributed by atoms with Crippen LogP contribution in [0.25, 0.3) is 10.9 Å². The smallest absolute Gasteiger partial charge is 0.267 e. The van der Waals surface area contributed by atoms with Gasteiger partial charge in [-0.05, 0) is 35.4 Å². The van der Waals surface area contributed by atoms with E-state index in [-0.39, 0.29) is 11.7 Å². The number of amides is 1. The Bertz CT molecular complexity index is 1050. The van der Waals surface area contributed by atoms with Crippen LogP contribution in [-0.2, 0) is 13.1 Å². The van der Waals surface area contributed by atoms with E-state index in [0.29, 0.717) is 29.7 Å². The molecule has 130 valence electrons. The lowest BCUT2D eigenvalue weighted by atomic mass is 10.1. The molecule has 0 spiro atoms. The fraction of sp³-hybridized carbons (Fsp3) is 0.100. The van der Waals surface area contributed by atoms with Crippen molar-refractivity contribution < 1.29 is 9.18 Å². The Morgan fingerprint density at radius 2 is 1.96 bits per heavy atom. The fourth-order valence-electron chi connectivity index (χ4n) is 2.96. The first-order valence-corrected chi connectivity index (χ1v) is 8.30. The number of aromatic nitrogens is 3. The zero-order valence-corrected chi connectivity index (χ0v) is 13.9. The minimum atomic E-state index is -0.345. The number of H-pyrrole nitrogens is 1. The van der Waals surface area contributed by atoms with Gasteiger partial charge in [-0.25, -0.2) is 4.39 Å². The Hall–Kier alpha value is -3.41. The molecule has 26 heavy (non-hydrogen) atoms. The molecule has 0 aliphatic heterocycles. The van der Waals surface area contributed by atoms with Gasteiger partial charge in [-0.15, -0.1) is 0 Å². The first-order valence-electron chi connectivity index (χ1n) is 8.30. The number of fused-ring (bicyclic) bond motifs is 1. The highest BCUT2D eigenvalue weighted by Crippen LogP contribution is 2.18. The average Bonchev–Trinajstić information content (AvgIpc) is 3.31. The normalized spacial score (nSPS) is 11.0. The standard InChI is InChI=1S/C20H17FN4O/c21-17-7-3-8-18-16(17)11-19(24-18)20(26)22-12-14-5-1-2-6-15(14)13-25-10-4-9-23-25/h1-11,24H,12-13H2,(H,22,26). The van der Waals surface area contributed by atoms with Crippen molar-refractivity contribution in [1.82, 2.24) is 20.1 Å². The van der Waals surface area contributed by atoms with Crippen LogP contribution in [0, 0.1) is 5.82 Å². The van der Waals surface area contributed by atoms with Crippen LogP contribution >= 0.6 is 0 Å². The molecule has 4 rings (SSSR count). The first-order chi connectivity index (χ1) is 12.7. The summed E-state index contributed by atoms with van der Waals surface area (Å²) in [6, 6.07) is 16.0. The topological polar surface area (TPSA) is 62.7 Å². The summed E-state index contributed by atoms with van der Waals surface area (Å²) in [6.45, 7) is 1.02. The van der Waals surface area contributed by atoms with E-state index in [4.69, 9.17) is 0 Å². The number of benzene rings is 2. The Labute approximate surface area is 149 Å². The quantitative estimate of drug-likeness (QED) is 0.580. The van der Waals surface area contributed by atoms with Crippen LogP contribution in [0.4, 0.5) is 4.39 Å². The van der Waals surface area contributed by atoms with E-state index >= 15 is 0 Å². The van der Waals surface area contributed by atoms with Gasteiger partial charge in [-0.2, -0.15) is 5.10 Å². The van der Waals surface area contributed by atoms with E-state index in [1.807, 2.05) is 41.2 Å². The molecule has 4 aromatic rings. The van der Waals surface area contributed by atoms with Crippen molar-refractivity contribution in [3.8, 4) is 0 Å². The molecule has 2 heterocycles. The van der Waals surface area contributed by atoms with Crippen molar-refractivity contribution in [3.05, 3.63) is 89.6 Å². The molecule has 6 heteroatoms. The van der Waals surface area contributed by atoms with Gasteiger partial charge in [0.15, 0.2) is 0 Å². The molecule has 0 saturated heterocycles. The minimum Gasteiger partial charge on any atom is -0.350 e. The van der Waals surface area contributed by atoms with Gasteiger partial charge < -0.3 is 10.3 Å². The summed E-state index contributed by atoms with van der Waals surface area (Å²) in [4.78, 5) is 15.4. The monoisotopic (exact) mass is 348 g/mol. The Kier molecular flexibility index (Phi) is 4.23. The van der Waals surface area contributed by atoms with Crippen LogP contribution in [0.3, 0.4) is 0 Å². The third kappa shape index (κ3) is 3.21. The summed E-state index contributed by atoms with van der Waals surface area (Å²) in [5.41, 5.74) is 3.04. The lowest BCUT2D eigenvalue weighted by Crippen LogP contribution is -2.24. The summed E-state index contributed by atoms with van der Waals surface area (Å²) >= 11 is 0. The lowest BCUT2D eigenvalue weighted by molar-refractivity contribution is 0.0946. The maximum Gasteiger partial charge on any atom is 0.267 e. The van der Waals surface area contributed by atoms with Crippen LogP contribution in [0.5, 0.6) is 0 Å². The molecule has 2 aromatic carbocycles. The van der Waals surface area contributed by atoms with Crippen molar-refractivity contribution in [2.24, 2.45) is 0 Å². The second kappa shape index (κ2) is 6.84. The second-order valence-corrected chi connectivity index (χ2v) is 6.04. The number of rotatable bonds is 5. The van der Waals surface area contributed by atoms with Crippen molar-refractivity contribution in [2.75, 3.05) is 0 Å². The predicted molar refractivity (Wildman–Crippen MR) is 97.2 cm³/mol. The third-order valence-corrected chi connectivity index (χ3v) is 4.30. The molecule has 0 unspecified atom stereocenters. The minimum absolute atomic E-state index is 0.269. The molecule has 0 aliphatic carbocycles. The molecule has 0 atom stereocenters. The molecule has 0 radical (unpaired) electrons. The highest BCUT2D eigenvalue weighted by atomic mass is 19.1. The average molecular weight is 348 g/mol. The van der Waals surface area contributed by atoms with Gasteiger partial charge in [0.05, 0.1) is 6.54 Å². The largest absolute Gasteiger partial charge is 0.350 e. The van der Waals surface area contributed by atoms with Crippen LogP contribution in [0.2, 0.25) is 0 Å². The first kappa shape index (κ1) is 16.1. The van der Waals surface area contributed by atoms with Crippen LogP contribution < -0.4 is 5.32 Å². The molecule has 0 bridgehead atoms. The molecule has 1 amide bonds. The summed E-state index contributed by atoms with van der Waals surface area (Å²) in [5, 5.41) is 7.52. The van der Waals surface area contributed by atoms with Gasteiger partial charge in [-0.3, -0.25) is 9.48 Å². The molecule has 2 aromatic heterocycles.